The van der Waals surface area contributed by atoms with Gasteiger partial charge in [0.15, 0.2) is 0 Å². The summed E-state index contributed by atoms with van der Waals surface area (Å²) in [6, 6.07) is 7.86. The van der Waals surface area contributed by atoms with Gasteiger partial charge in [-0.3, -0.25) is 4.79 Å². The molecule has 0 saturated carbocycles. The van der Waals surface area contributed by atoms with Crippen molar-refractivity contribution in [2.45, 2.75) is 39.2 Å². The highest BCUT2D eigenvalue weighted by atomic mass is 16.6. The van der Waals surface area contributed by atoms with Gasteiger partial charge >= 0.3 is 6.09 Å². The molecule has 1 N–H and O–H groups in total. The van der Waals surface area contributed by atoms with E-state index in [1.54, 1.807) is 11.8 Å². The second-order valence-electron chi connectivity index (χ2n) is 5.89. The van der Waals surface area contributed by atoms with E-state index in [0.29, 0.717) is 32.7 Å². The third-order valence-corrected chi connectivity index (χ3v) is 4.07. The molecule has 6 heteroatoms. The van der Waals surface area contributed by atoms with Crippen molar-refractivity contribution in [3.63, 3.8) is 0 Å². The van der Waals surface area contributed by atoms with E-state index < -0.39 is 0 Å². The van der Waals surface area contributed by atoms with Crippen LogP contribution in [0.4, 0.5) is 4.79 Å². The van der Waals surface area contributed by atoms with Gasteiger partial charge in [0.2, 0.25) is 5.91 Å². The summed E-state index contributed by atoms with van der Waals surface area (Å²) in [5.41, 5.74) is 1.06. The lowest BCUT2D eigenvalue weighted by Crippen LogP contribution is -2.46. The third kappa shape index (κ3) is 5.44. The van der Waals surface area contributed by atoms with Gasteiger partial charge in [0.25, 0.3) is 0 Å². The highest BCUT2D eigenvalue weighted by molar-refractivity contribution is 5.76. The largest absolute Gasteiger partial charge is 0.493 e. The fourth-order valence-corrected chi connectivity index (χ4v) is 2.69. The van der Waals surface area contributed by atoms with Crippen molar-refractivity contribution in [2.24, 2.45) is 0 Å². The monoisotopic (exact) mass is 334 g/mol. The lowest BCUT2D eigenvalue weighted by Gasteiger charge is -2.31. The Labute approximate surface area is 143 Å². The van der Waals surface area contributed by atoms with Crippen LogP contribution < -0.4 is 10.1 Å². The highest BCUT2D eigenvalue weighted by Crippen LogP contribution is 2.16. The SMILES string of the molecule is CCOC(=O)N1CCC(NC(=O)CCOc2ccccc2C)CC1. The topological polar surface area (TPSA) is 67.9 Å². The minimum atomic E-state index is -0.270. The maximum atomic E-state index is 12.0. The van der Waals surface area contributed by atoms with Gasteiger partial charge in [-0.1, -0.05) is 18.2 Å². The quantitative estimate of drug-likeness (QED) is 0.868. The molecule has 1 aromatic rings. The average Bonchev–Trinajstić information content (AvgIpc) is 2.57. The minimum Gasteiger partial charge on any atom is -0.493 e. The molecule has 2 amide bonds. The molecule has 132 valence electrons. The zero-order chi connectivity index (χ0) is 17.4. The van der Waals surface area contributed by atoms with Crippen molar-refractivity contribution in [3.05, 3.63) is 29.8 Å². The van der Waals surface area contributed by atoms with Crippen molar-refractivity contribution < 1.29 is 19.1 Å². The molecule has 0 unspecified atom stereocenters. The van der Waals surface area contributed by atoms with Gasteiger partial charge in [-0.25, -0.2) is 4.79 Å². The van der Waals surface area contributed by atoms with Crippen LogP contribution >= 0.6 is 0 Å². The third-order valence-electron chi connectivity index (χ3n) is 4.07. The van der Waals surface area contributed by atoms with Crippen molar-refractivity contribution in [1.82, 2.24) is 10.2 Å². The Morgan fingerprint density at radius 2 is 1.96 bits per heavy atom. The fraction of sp³-hybridized carbons (Fsp3) is 0.556. The molecular formula is C18H26N2O4. The van der Waals surface area contributed by atoms with Crippen LogP contribution in [-0.4, -0.2) is 49.2 Å². The Balaban J connectivity index is 1.65. The molecule has 1 heterocycles. The van der Waals surface area contributed by atoms with E-state index in [4.69, 9.17) is 9.47 Å². The van der Waals surface area contributed by atoms with Crippen molar-refractivity contribution in [3.8, 4) is 5.75 Å². The Hall–Kier alpha value is -2.24. The van der Waals surface area contributed by atoms with Crippen molar-refractivity contribution >= 4 is 12.0 Å². The number of benzene rings is 1. The summed E-state index contributed by atoms with van der Waals surface area (Å²) in [7, 11) is 0. The molecule has 1 saturated heterocycles. The normalized spacial score (nSPS) is 15.0. The lowest BCUT2D eigenvalue weighted by molar-refractivity contribution is -0.122. The molecule has 0 aliphatic carbocycles. The van der Waals surface area contributed by atoms with Crippen LogP contribution in [0, 0.1) is 6.92 Å². The number of hydrogen-bond donors (Lipinski definition) is 1. The standard InChI is InChI=1S/C18H26N2O4/c1-3-23-18(22)20-11-8-15(9-12-20)19-17(21)10-13-24-16-7-5-4-6-14(16)2/h4-7,15H,3,8-13H2,1-2H3,(H,19,21). The summed E-state index contributed by atoms with van der Waals surface area (Å²) in [5.74, 6) is 0.797. The number of hydrogen-bond acceptors (Lipinski definition) is 4. The molecule has 1 aliphatic heterocycles. The number of para-hydroxylation sites is 1. The molecule has 0 bridgehead atoms. The summed E-state index contributed by atoms with van der Waals surface area (Å²) in [6.45, 7) is 5.75. The van der Waals surface area contributed by atoms with E-state index in [9.17, 15) is 9.59 Å². The Kier molecular flexibility index (Phi) is 6.90. The first-order chi connectivity index (χ1) is 11.6. The van der Waals surface area contributed by atoms with Crippen LogP contribution in [-0.2, 0) is 9.53 Å². The van der Waals surface area contributed by atoms with Crippen LogP contribution in [0.2, 0.25) is 0 Å². The number of aryl methyl sites for hydroxylation is 1. The van der Waals surface area contributed by atoms with Crippen LogP contribution in [0.15, 0.2) is 24.3 Å². The smallest absolute Gasteiger partial charge is 0.409 e. The van der Waals surface area contributed by atoms with Gasteiger partial charge in [-0.15, -0.1) is 0 Å². The number of nitrogens with zero attached hydrogens (tertiary/aromatic N) is 1. The van der Waals surface area contributed by atoms with Gasteiger partial charge < -0.3 is 19.7 Å². The molecule has 0 atom stereocenters. The van der Waals surface area contributed by atoms with E-state index in [2.05, 4.69) is 5.32 Å². The van der Waals surface area contributed by atoms with E-state index >= 15 is 0 Å². The van der Waals surface area contributed by atoms with Crippen LogP contribution in [0.25, 0.3) is 0 Å². The van der Waals surface area contributed by atoms with Gasteiger partial charge in [-0.05, 0) is 38.3 Å². The number of carbonyl (C=O) groups excluding carboxylic acids is 2. The predicted molar refractivity (Wildman–Crippen MR) is 91.1 cm³/mol. The molecule has 0 aromatic heterocycles. The molecule has 1 aromatic carbocycles. The molecule has 6 nitrogen and oxygen atoms in total. The average molecular weight is 334 g/mol. The fourth-order valence-electron chi connectivity index (χ4n) is 2.69. The minimum absolute atomic E-state index is 0.0156. The molecule has 2 rings (SSSR count). The number of carbonyl (C=O) groups is 2. The second-order valence-corrected chi connectivity index (χ2v) is 5.89. The first kappa shape index (κ1) is 18.1. The molecule has 1 fully saturated rings. The molecule has 0 spiro atoms. The van der Waals surface area contributed by atoms with E-state index in [0.717, 1.165) is 24.2 Å². The zero-order valence-electron chi connectivity index (χ0n) is 14.4. The van der Waals surface area contributed by atoms with Crippen molar-refractivity contribution in [1.29, 1.82) is 0 Å². The van der Waals surface area contributed by atoms with Crippen LogP contribution in [0.3, 0.4) is 0 Å². The van der Waals surface area contributed by atoms with Crippen molar-refractivity contribution in [2.75, 3.05) is 26.3 Å². The number of amides is 2. The van der Waals surface area contributed by atoms with E-state index in [-0.39, 0.29) is 18.0 Å². The summed E-state index contributed by atoms with van der Waals surface area (Å²) < 4.78 is 10.6. The second kappa shape index (κ2) is 9.15. The molecule has 1 aliphatic rings. The van der Waals surface area contributed by atoms with Gasteiger partial charge in [0.1, 0.15) is 5.75 Å². The number of ether oxygens (including phenoxy) is 2. The predicted octanol–water partition coefficient (Wildman–Crippen LogP) is 2.50. The molecule has 0 radical (unpaired) electrons. The van der Waals surface area contributed by atoms with E-state index in [1.165, 1.54) is 0 Å². The first-order valence-corrected chi connectivity index (χ1v) is 8.49. The summed E-state index contributed by atoms with van der Waals surface area (Å²) in [6.07, 6.45) is 1.56. The zero-order valence-corrected chi connectivity index (χ0v) is 14.4. The summed E-state index contributed by atoms with van der Waals surface area (Å²) in [5, 5.41) is 3.01. The summed E-state index contributed by atoms with van der Waals surface area (Å²) >= 11 is 0. The molecular weight excluding hydrogens is 308 g/mol. The number of piperidine rings is 1. The highest BCUT2D eigenvalue weighted by Gasteiger charge is 2.24. The maximum absolute atomic E-state index is 12.0. The van der Waals surface area contributed by atoms with E-state index in [1.807, 2.05) is 31.2 Å². The van der Waals surface area contributed by atoms with Crippen LogP contribution in [0.1, 0.15) is 31.7 Å². The number of likely N-dealkylation sites (tertiary alicyclic amines) is 1. The number of rotatable bonds is 6. The van der Waals surface area contributed by atoms with Gasteiger partial charge in [0.05, 0.1) is 19.6 Å². The molecule has 24 heavy (non-hydrogen) atoms. The van der Waals surface area contributed by atoms with Crippen LogP contribution in [0.5, 0.6) is 5.75 Å². The Bertz CT molecular complexity index is 554. The maximum Gasteiger partial charge on any atom is 0.409 e. The summed E-state index contributed by atoms with van der Waals surface area (Å²) in [4.78, 5) is 25.3. The Morgan fingerprint density at radius 1 is 1.25 bits per heavy atom. The lowest BCUT2D eigenvalue weighted by atomic mass is 10.1. The van der Waals surface area contributed by atoms with Gasteiger partial charge in [0, 0.05) is 19.1 Å². The number of nitrogens with one attached hydrogen (secondary N) is 1. The Morgan fingerprint density at radius 3 is 2.62 bits per heavy atom. The van der Waals surface area contributed by atoms with Gasteiger partial charge in [-0.2, -0.15) is 0 Å². The first-order valence-electron chi connectivity index (χ1n) is 8.49.